The predicted octanol–water partition coefficient (Wildman–Crippen LogP) is 2.90. The molecule has 11 nitrogen and oxygen atoms in total. The molecule has 3 aliphatic rings. The van der Waals surface area contributed by atoms with Crippen molar-refractivity contribution >= 4 is 28.6 Å². The molecular weight excluding hydrogens is 575 g/mol. The fourth-order valence-corrected chi connectivity index (χ4v) is 6.66. The van der Waals surface area contributed by atoms with Gasteiger partial charge in [0.05, 0.1) is 41.4 Å². The summed E-state index contributed by atoms with van der Waals surface area (Å²) in [6, 6.07) is 6.03. The number of nitrogens with zero attached hydrogens (tertiary/aromatic N) is 9. The first-order valence-corrected chi connectivity index (χ1v) is 14.6. The van der Waals surface area contributed by atoms with Crippen molar-refractivity contribution in [2.45, 2.75) is 44.4 Å². The van der Waals surface area contributed by atoms with E-state index in [1.54, 1.807) is 4.90 Å². The summed E-state index contributed by atoms with van der Waals surface area (Å²) in [5.74, 6) is 0.427. The zero-order valence-electron chi connectivity index (χ0n) is 24.3. The summed E-state index contributed by atoms with van der Waals surface area (Å²) >= 11 is 0. The van der Waals surface area contributed by atoms with Crippen LogP contribution in [0.2, 0.25) is 0 Å². The van der Waals surface area contributed by atoms with Gasteiger partial charge in [0.25, 0.3) is 5.56 Å². The lowest BCUT2D eigenvalue weighted by molar-refractivity contribution is -0.138. The van der Waals surface area contributed by atoms with Gasteiger partial charge in [-0.3, -0.25) is 14.5 Å². The Morgan fingerprint density at radius 3 is 2.68 bits per heavy atom. The molecule has 2 aromatic heterocycles. The monoisotopic (exact) mass is 607 g/mol. The van der Waals surface area contributed by atoms with Crippen molar-refractivity contribution in [3.63, 3.8) is 0 Å². The number of hydrogen-bond acceptors (Lipinski definition) is 9. The number of piperazine rings is 2. The zero-order valence-corrected chi connectivity index (χ0v) is 24.3. The van der Waals surface area contributed by atoms with Crippen molar-refractivity contribution in [2.75, 3.05) is 55.6 Å². The molecule has 3 aliphatic heterocycles. The molecule has 1 unspecified atom stereocenters. The van der Waals surface area contributed by atoms with Crippen LogP contribution < -0.4 is 15.4 Å². The maximum atomic E-state index is 14.1. The Kier molecular flexibility index (Phi) is 7.75. The topological polar surface area (TPSA) is 114 Å². The normalized spacial score (nSPS) is 20.9. The number of benzene rings is 1. The highest BCUT2D eigenvalue weighted by Crippen LogP contribution is 2.36. The molecule has 0 aliphatic carbocycles. The minimum atomic E-state index is -4.71. The number of amides is 1. The summed E-state index contributed by atoms with van der Waals surface area (Å²) < 4.78 is 43.2. The molecule has 0 radical (unpaired) electrons. The third-order valence-corrected chi connectivity index (χ3v) is 8.81. The van der Waals surface area contributed by atoms with Gasteiger partial charge in [-0.2, -0.15) is 33.2 Å². The molecule has 2 atom stereocenters. The Bertz CT molecular complexity index is 1720. The third kappa shape index (κ3) is 5.25. The lowest BCUT2D eigenvalue weighted by Crippen LogP contribution is -2.55. The molecular formula is C30H32F3N9O2. The summed E-state index contributed by atoms with van der Waals surface area (Å²) in [6.45, 7) is 8.96. The van der Waals surface area contributed by atoms with Crippen molar-refractivity contribution in [3.05, 3.63) is 58.5 Å². The highest BCUT2D eigenvalue weighted by Gasteiger charge is 2.37. The first-order chi connectivity index (χ1) is 21.1. The van der Waals surface area contributed by atoms with Crippen LogP contribution in [0.4, 0.5) is 24.9 Å². The molecule has 1 amide bonds. The van der Waals surface area contributed by atoms with E-state index in [2.05, 4.69) is 27.6 Å². The van der Waals surface area contributed by atoms with Crippen LogP contribution in [0.5, 0.6) is 0 Å². The highest BCUT2D eigenvalue weighted by atomic mass is 19.4. The molecule has 230 valence electrons. The number of anilines is 2. The molecule has 3 aromatic rings. The van der Waals surface area contributed by atoms with E-state index < -0.39 is 23.3 Å². The second-order valence-corrected chi connectivity index (χ2v) is 11.4. The van der Waals surface area contributed by atoms with E-state index in [1.807, 2.05) is 9.80 Å². The number of carbonyl (C=O) groups is 1. The molecule has 6 rings (SSSR count). The third-order valence-electron chi connectivity index (χ3n) is 8.81. The predicted molar refractivity (Wildman–Crippen MR) is 158 cm³/mol. The maximum absolute atomic E-state index is 14.1. The van der Waals surface area contributed by atoms with Crippen molar-refractivity contribution in [1.29, 1.82) is 5.26 Å². The Morgan fingerprint density at radius 2 is 1.93 bits per heavy atom. The summed E-state index contributed by atoms with van der Waals surface area (Å²) in [6.07, 6.45) is 0.0505. The summed E-state index contributed by atoms with van der Waals surface area (Å²) in [5.41, 5.74) is -2.20. The Balaban J connectivity index is 1.50. The van der Waals surface area contributed by atoms with Crippen molar-refractivity contribution in [2.24, 2.45) is 0 Å². The van der Waals surface area contributed by atoms with Crippen LogP contribution in [0, 0.1) is 18.3 Å². The molecule has 3 fully saturated rings. The van der Waals surface area contributed by atoms with Crippen molar-refractivity contribution in [3.8, 4) is 11.8 Å². The molecule has 44 heavy (non-hydrogen) atoms. The fourth-order valence-electron chi connectivity index (χ4n) is 6.66. The Morgan fingerprint density at radius 1 is 1.14 bits per heavy atom. The van der Waals surface area contributed by atoms with Crippen molar-refractivity contribution in [1.82, 2.24) is 29.5 Å². The first-order valence-electron chi connectivity index (χ1n) is 14.6. The van der Waals surface area contributed by atoms with Gasteiger partial charge in [-0.05, 0) is 44.0 Å². The number of fused-ring (bicyclic) bond motifs is 2. The molecule has 0 saturated carbocycles. The Labute approximate surface area is 251 Å². The number of aromatic nitrogens is 4. The maximum Gasteiger partial charge on any atom is 0.418 e. The lowest BCUT2D eigenvalue weighted by Gasteiger charge is -2.41. The average Bonchev–Trinajstić information content (AvgIpc) is 3.48. The van der Waals surface area contributed by atoms with Crippen LogP contribution in [-0.4, -0.2) is 93.4 Å². The minimum absolute atomic E-state index is 0.0298. The molecule has 1 aromatic carbocycles. The van der Waals surface area contributed by atoms with E-state index in [-0.39, 0.29) is 41.0 Å². The first kappa shape index (κ1) is 29.6. The van der Waals surface area contributed by atoms with Gasteiger partial charge in [0.2, 0.25) is 11.9 Å². The van der Waals surface area contributed by atoms with E-state index in [9.17, 15) is 28.0 Å². The van der Waals surface area contributed by atoms with E-state index in [0.29, 0.717) is 44.0 Å². The van der Waals surface area contributed by atoms with Gasteiger partial charge in [-0.25, -0.2) is 4.98 Å². The van der Waals surface area contributed by atoms with Gasteiger partial charge in [0, 0.05) is 45.3 Å². The molecule has 0 spiro atoms. The SMILES string of the molecule is C=CC(=O)N1CCN(c2nc(N3CCN4CCC[C@@H]4C3)nc3c(=O)n(-c4cccc(C)c4C(F)(F)F)ncc23)CC1CC#N. The zero-order chi connectivity index (χ0) is 31.2. The summed E-state index contributed by atoms with van der Waals surface area (Å²) in [7, 11) is 0. The standard InChI is InChI=1S/C30H32F3N9O2/c1-3-24(43)41-15-14-39(18-21(41)9-10-34)27-22-16-35-42(23-8-4-6-19(2)25(23)30(31,32)33)28(44)26(22)36-29(37-27)40-13-12-38-11-5-7-20(38)17-40/h3-4,6,8,16,20-21H,1,5,7,9,11-15,17-18H2,2H3/t20-,21?/m1/s1. The number of carbonyl (C=O) groups excluding carboxylic acids is 1. The van der Waals surface area contributed by atoms with Crippen LogP contribution >= 0.6 is 0 Å². The second-order valence-electron chi connectivity index (χ2n) is 11.4. The molecule has 5 heterocycles. The van der Waals surface area contributed by atoms with Gasteiger partial charge in [0.15, 0.2) is 0 Å². The lowest BCUT2D eigenvalue weighted by atomic mass is 10.1. The number of nitriles is 1. The molecule has 0 bridgehead atoms. The van der Waals surface area contributed by atoms with Gasteiger partial charge in [-0.1, -0.05) is 18.7 Å². The largest absolute Gasteiger partial charge is 0.418 e. The number of alkyl halides is 3. The smallest absolute Gasteiger partial charge is 0.352 e. The van der Waals surface area contributed by atoms with E-state index in [4.69, 9.17) is 4.98 Å². The number of halogens is 3. The minimum Gasteiger partial charge on any atom is -0.352 e. The molecule has 0 N–H and O–H groups in total. The molecule has 3 saturated heterocycles. The van der Waals surface area contributed by atoms with Gasteiger partial charge in [0.1, 0.15) is 11.3 Å². The highest BCUT2D eigenvalue weighted by molar-refractivity contribution is 5.90. The van der Waals surface area contributed by atoms with Crippen LogP contribution in [0.3, 0.4) is 0 Å². The fraction of sp³-hybridized carbons (Fsp3) is 0.467. The van der Waals surface area contributed by atoms with Crippen LogP contribution in [-0.2, 0) is 11.0 Å². The van der Waals surface area contributed by atoms with E-state index in [0.717, 1.165) is 30.6 Å². The number of rotatable bonds is 5. The van der Waals surface area contributed by atoms with Gasteiger partial charge >= 0.3 is 6.18 Å². The summed E-state index contributed by atoms with van der Waals surface area (Å²) in [5, 5.41) is 14.0. The van der Waals surface area contributed by atoms with Gasteiger partial charge in [-0.15, -0.1) is 0 Å². The quantitative estimate of drug-likeness (QED) is 0.404. The Hall–Kier alpha value is -4.51. The second kappa shape index (κ2) is 11.5. The molecule has 14 heteroatoms. The van der Waals surface area contributed by atoms with Crippen LogP contribution in [0.15, 0.2) is 41.8 Å². The summed E-state index contributed by atoms with van der Waals surface area (Å²) in [4.78, 5) is 44.0. The van der Waals surface area contributed by atoms with Crippen molar-refractivity contribution < 1.29 is 18.0 Å². The van der Waals surface area contributed by atoms with E-state index >= 15 is 0 Å². The number of aryl methyl sites for hydroxylation is 1. The number of hydrogen-bond donors (Lipinski definition) is 0. The average molecular weight is 608 g/mol. The van der Waals surface area contributed by atoms with Crippen LogP contribution in [0.25, 0.3) is 16.6 Å². The van der Waals surface area contributed by atoms with Gasteiger partial charge < -0.3 is 14.7 Å². The van der Waals surface area contributed by atoms with E-state index in [1.165, 1.54) is 37.4 Å². The van der Waals surface area contributed by atoms with Crippen LogP contribution in [0.1, 0.15) is 30.4 Å².